The third kappa shape index (κ3) is 5.28. The lowest BCUT2D eigenvalue weighted by Crippen LogP contribution is -2.49. The molecule has 2 aliphatic rings. The average Bonchev–Trinajstić information content (AvgIpc) is 2.53. The van der Waals surface area contributed by atoms with Crippen LogP contribution in [-0.4, -0.2) is 55.7 Å². The summed E-state index contributed by atoms with van der Waals surface area (Å²) in [5.41, 5.74) is 2.69. The number of nitrogens with one attached hydrogen (secondary N) is 2. The molecule has 2 N–H and O–H groups in total. The SMILES string of the molecule is CCCCS(=O)(=O)NC1CCN(C(=O)C2=NNC(=O)CC2)CC1. The van der Waals surface area contributed by atoms with Crippen molar-refractivity contribution in [3.63, 3.8) is 0 Å². The Labute approximate surface area is 136 Å². The van der Waals surface area contributed by atoms with E-state index in [1.54, 1.807) is 4.90 Å². The summed E-state index contributed by atoms with van der Waals surface area (Å²) in [5.74, 6) is -0.196. The van der Waals surface area contributed by atoms with Crippen LogP contribution in [0.3, 0.4) is 0 Å². The van der Waals surface area contributed by atoms with Gasteiger partial charge in [-0.15, -0.1) is 0 Å². The van der Waals surface area contributed by atoms with Gasteiger partial charge in [0.1, 0.15) is 5.71 Å². The van der Waals surface area contributed by atoms with Gasteiger partial charge in [-0.05, 0) is 19.3 Å². The zero-order valence-corrected chi connectivity index (χ0v) is 14.2. The zero-order valence-electron chi connectivity index (χ0n) is 13.4. The third-order valence-corrected chi connectivity index (χ3v) is 5.56. The molecule has 1 fully saturated rings. The van der Waals surface area contributed by atoms with Crippen LogP contribution in [-0.2, 0) is 19.6 Å². The molecule has 0 saturated carbocycles. The van der Waals surface area contributed by atoms with E-state index in [9.17, 15) is 18.0 Å². The van der Waals surface area contributed by atoms with Gasteiger partial charge in [0.2, 0.25) is 15.9 Å². The molecule has 2 amide bonds. The molecule has 0 aromatic rings. The number of carbonyl (C=O) groups is 2. The minimum Gasteiger partial charge on any atom is -0.337 e. The first-order valence-corrected chi connectivity index (χ1v) is 9.71. The Hall–Kier alpha value is -1.48. The standard InChI is InChI=1S/C14H24N4O4S/c1-2-3-10-23(21,22)17-11-6-8-18(9-7-11)14(20)12-4-5-13(19)16-15-12/h11,17H,2-10H2,1H3,(H,16,19). The van der Waals surface area contributed by atoms with Crippen LogP contribution < -0.4 is 10.1 Å². The second kappa shape index (κ2) is 7.87. The lowest BCUT2D eigenvalue weighted by molar-refractivity contribution is -0.125. The largest absolute Gasteiger partial charge is 0.337 e. The summed E-state index contributed by atoms with van der Waals surface area (Å²) in [6.07, 6.45) is 3.31. The first kappa shape index (κ1) is 17.9. The highest BCUT2D eigenvalue weighted by atomic mass is 32.2. The monoisotopic (exact) mass is 344 g/mol. The second-order valence-corrected chi connectivity index (χ2v) is 7.82. The summed E-state index contributed by atoms with van der Waals surface area (Å²) in [4.78, 5) is 25.0. The lowest BCUT2D eigenvalue weighted by Gasteiger charge is -2.32. The molecule has 0 aromatic heterocycles. The van der Waals surface area contributed by atoms with Crippen molar-refractivity contribution in [2.45, 2.75) is 51.5 Å². The van der Waals surface area contributed by atoms with E-state index in [0.717, 1.165) is 6.42 Å². The molecular formula is C14H24N4O4S. The smallest absolute Gasteiger partial charge is 0.270 e. The van der Waals surface area contributed by atoms with Gasteiger partial charge in [-0.3, -0.25) is 9.59 Å². The Balaban J connectivity index is 1.82. The maximum absolute atomic E-state index is 12.3. The lowest BCUT2D eigenvalue weighted by atomic mass is 10.0. The van der Waals surface area contributed by atoms with Crippen LogP contribution in [0, 0.1) is 0 Å². The van der Waals surface area contributed by atoms with Crippen molar-refractivity contribution in [3.05, 3.63) is 0 Å². The van der Waals surface area contributed by atoms with Crippen LogP contribution >= 0.6 is 0 Å². The van der Waals surface area contributed by atoms with Gasteiger partial charge in [-0.2, -0.15) is 5.10 Å². The van der Waals surface area contributed by atoms with Crippen molar-refractivity contribution < 1.29 is 18.0 Å². The number of carbonyl (C=O) groups excluding carboxylic acids is 2. The van der Waals surface area contributed by atoms with Crippen LogP contribution in [0.1, 0.15) is 45.4 Å². The Morgan fingerprint density at radius 2 is 2.04 bits per heavy atom. The number of nitrogens with zero attached hydrogens (tertiary/aromatic N) is 2. The molecule has 8 nitrogen and oxygen atoms in total. The van der Waals surface area contributed by atoms with Gasteiger partial charge in [0, 0.05) is 32.0 Å². The summed E-state index contributed by atoms with van der Waals surface area (Å²) in [6.45, 7) is 2.94. The molecule has 0 spiro atoms. The Morgan fingerprint density at radius 3 is 2.61 bits per heavy atom. The van der Waals surface area contributed by atoms with Gasteiger partial charge in [0.25, 0.3) is 5.91 Å². The number of unbranched alkanes of at least 4 members (excludes halogenated alkanes) is 1. The van der Waals surface area contributed by atoms with Crippen molar-refractivity contribution in [1.29, 1.82) is 0 Å². The molecule has 2 aliphatic heterocycles. The van der Waals surface area contributed by atoms with E-state index in [1.807, 2.05) is 6.92 Å². The molecule has 0 aliphatic carbocycles. The van der Waals surface area contributed by atoms with Gasteiger partial charge in [0.15, 0.2) is 0 Å². The summed E-state index contributed by atoms with van der Waals surface area (Å²) in [5, 5.41) is 3.81. The number of rotatable bonds is 6. The van der Waals surface area contributed by atoms with Crippen molar-refractivity contribution in [2.75, 3.05) is 18.8 Å². The topological polar surface area (TPSA) is 108 Å². The number of hydrazone groups is 1. The highest BCUT2D eigenvalue weighted by molar-refractivity contribution is 7.89. The number of piperidine rings is 1. The molecule has 0 bridgehead atoms. The van der Waals surface area contributed by atoms with Crippen LogP contribution in [0.2, 0.25) is 0 Å². The highest BCUT2D eigenvalue weighted by Gasteiger charge is 2.29. The number of hydrogen-bond donors (Lipinski definition) is 2. The van der Waals surface area contributed by atoms with E-state index in [4.69, 9.17) is 0 Å². The molecule has 0 aromatic carbocycles. The van der Waals surface area contributed by atoms with Crippen molar-refractivity contribution >= 4 is 27.5 Å². The molecule has 1 saturated heterocycles. The maximum atomic E-state index is 12.3. The zero-order chi connectivity index (χ0) is 16.9. The van der Waals surface area contributed by atoms with Crippen molar-refractivity contribution in [3.8, 4) is 0 Å². The third-order valence-electron chi connectivity index (χ3n) is 4.05. The minimum atomic E-state index is -3.23. The first-order chi connectivity index (χ1) is 10.9. The minimum absolute atomic E-state index is 0.117. The van der Waals surface area contributed by atoms with E-state index in [0.29, 0.717) is 44.5 Å². The number of sulfonamides is 1. The summed E-state index contributed by atoms with van der Waals surface area (Å²) in [7, 11) is -3.23. The molecule has 2 rings (SSSR count). The molecule has 130 valence electrons. The second-order valence-electron chi connectivity index (χ2n) is 5.95. The first-order valence-electron chi connectivity index (χ1n) is 8.06. The molecule has 2 heterocycles. The molecule has 0 atom stereocenters. The van der Waals surface area contributed by atoms with Crippen molar-refractivity contribution in [2.24, 2.45) is 5.10 Å². The Bertz CT molecular complexity index is 580. The normalized spacial score (nSPS) is 20.1. The fourth-order valence-electron chi connectivity index (χ4n) is 2.66. The highest BCUT2D eigenvalue weighted by Crippen LogP contribution is 2.14. The van der Waals surface area contributed by atoms with E-state index < -0.39 is 10.0 Å². The summed E-state index contributed by atoms with van der Waals surface area (Å²) >= 11 is 0. The summed E-state index contributed by atoms with van der Waals surface area (Å²) in [6, 6.07) is -0.117. The van der Waals surface area contributed by atoms with E-state index in [2.05, 4.69) is 15.2 Å². The average molecular weight is 344 g/mol. The number of likely N-dealkylation sites (tertiary alicyclic amines) is 1. The predicted octanol–water partition coefficient (Wildman–Crippen LogP) is -0.0371. The van der Waals surface area contributed by atoms with Gasteiger partial charge in [-0.1, -0.05) is 13.3 Å². The number of hydrogen-bond acceptors (Lipinski definition) is 5. The van der Waals surface area contributed by atoms with Crippen LogP contribution in [0.4, 0.5) is 0 Å². The van der Waals surface area contributed by atoms with Gasteiger partial charge in [0.05, 0.1) is 5.75 Å². The molecule has 9 heteroatoms. The molecule has 23 heavy (non-hydrogen) atoms. The van der Waals surface area contributed by atoms with E-state index in [-0.39, 0.29) is 30.0 Å². The predicted molar refractivity (Wildman–Crippen MR) is 86.2 cm³/mol. The molecule has 0 unspecified atom stereocenters. The van der Waals surface area contributed by atoms with Crippen molar-refractivity contribution in [1.82, 2.24) is 15.0 Å². The molecule has 0 radical (unpaired) electrons. The number of amides is 2. The Kier molecular flexibility index (Phi) is 6.11. The van der Waals surface area contributed by atoms with Crippen LogP contribution in [0.5, 0.6) is 0 Å². The van der Waals surface area contributed by atoms with Crippen LogP contribution in [0.15, 0.2) is 5.10 Å². The van der Waals surface area contributed by atoms with E-state index in [1.165, 1.54) is 0 Å². The fourth-order valence-corrected chi connectivity index (χ4v) is 4.19. The molecular weight excluding hydrogens is 320 g/mol. The quantitative estimate of drug-likeness (QED) is 0.705. The maximum Gasteiger partial charge on any atom is 0.270 e. The van der Waals surface area contributed by atoms with Gasteiger partial charge in [-0.25, -0.2) is 18.6 Å². The van der Waals surface area contributed by atoms with E-state index >= 15 is 0 Å². The Morgan fingerprint density at radius 1 is 1.35 bits per heavy atom. The van der Waals surface area contributed by atoms with Gasteiger partial charge < -0.3 is 4.90 Å². The summed E-state index contributed by atoms with van der Waals surface area (Å²) < 4.78 is 26.5. The fraction of sp³-hybridized carbons (Fsp3) is 0.786. The van der Waals surface area contributed by atoms with Gasteiger partial charge >= 0.3 is 0 Å². The van der Waals surface area contributed by atoms with Crippen LogP contribution in [0.25, 0.3) is 0 Å².